The van der Waals surface area contributed by atoms with Gasteiger partial charge in [0.1, 0.15) is 5.60 Å². The van der Waals surface area contributed by atoms with E-state index in [-0.39, 0.29) is 18.2 Å². The summed E-state index contributed by atoms with van der Waals surface area (Å²) in [5, 5.41) is 0. The Kier molecular flexibility index (Phi) is 5.38. The van der Waals surface area contributed by atoms with Crippen molar-refractivity contribution in [3.8, 4) is 0 Å². The van der Waals surface area contributed by atoms with Gasteiger partial charge in [0.25, 0.3) is 0 Å². The van der Waals surface area contributed by atoms with Gasteiger partial charge in [-0.2, -0.15) is 0 Å². The van der Waals surface area contributed by atoms with Crippen LogP contribution in [0.5, 0.6) is 0 Å². The van der Waals surface area contributed by atoms with Gasteiger partial charge in [0.05, 0.1) is 19.3 Å². The summed E-state index contributed by atoms with van der Waals surface area (Å²) >= 11 is 0. The third kappa shape index (κ3) is 5.20. The molecule has 2 N–H and O–H groups in total. The minimum Gasteiger partial charge on any atom is -0.444 e. The second-order valence-electron chi connectivity index (χ2n) is 6.14. The molecule has 2 unspecified atom stereocenters. The summed E-state index contributed by atoms with van der Waals surface area (Å²) in [7, 11) is 0. The number of amides is 1. The fourth-order valence-corrected chi connectivity index (χ4v) is 1.98. The van der Waals surface area contributed by atoms with Gasteiger partial charge in [0.15, 0.2) is 0 Å². The van der Waals surface area contributed by atoms with E-state index in [1.165, 1.54) is 0 Å². The summed E-state index contributed by atoms with van der Waals surface area (Å²) in [6.07, 6.45) is 1.63. The number of carbonyl (C=O) groups is 1. The molecule has 1 aliphatic heterocycles. The average molecular weight is 270 g/mol. The molecular formula is C14H26N2O3. The molecule has 0 spiro atoms. The van der Waals surface area contributed by atoms with Gasteiger partial charge in [-0.05, 0) is 34.6 Å². The van der Waals surface area contributed by atoms with Crippen LogP contribution in [-0.2, 0) is 9.47 Å². The molecule has 1 fully saturated rings. The molecule has 0 aromatic rings. The van der Waals surface area contributed by atoms with Crippen molar-refractivity contribution in [1.82, 2.24) is 4.90 Å². The Bertz CT molecular complexity index is 343. The molecule has 1 aliphatic rings. The van der Waals surface area contributed by atoms with Gasteiger partial charge in [-0.3, -0.25) is 4.90 Å². The van der Waals surface area contributed by atoms with Gasteiger partial charge < -0.3 is 15.2 Å². The van der Waals surface area contributed by atoms with Crippen LogP contribution in [0.1, 0.15) is 34.6 Å². The highest BCUT2D eigenvalue weighted by molar-refractivity contribution is 5.69. The average Bonchev–Trinajstić information content (AvgIpc) is 2.25. The highest BCUT2D eigenvalue weighted by Gasteiger charge is 2.33. The maximum atomic E-state index is 12.2. The third-order valence-corrected chi connectivity index (χ3v) is 2.76. The van der Waals surface area contributed by atoms with Crippen LogP contribution < -0.4 is 5.73 Å². The normalized spacial score (nSPS) is 21.8. The van der Waals surface area contributed by atoms with Crippen LogP contribution in [0.2, 0.25) is 0 Å². The van der Waals surface area contributed by atoms with Gasteiger partial charge in [-0.25, -0.2) is 4.79 Å². The van der Waals surface area contributed by atoms with Crippen LogP contribution in [0.25, 0.3) is 0 Å². The largest absolute Gasteiger partial charge is 0.444 e. The lowest BCUT2D eigenvalue weighted by Crippen LogP contribution is -2.57. The molecule has 0 aromatic heterocycles. The lowest BCUT2D eigenvalue weighted by Gasteiger charge is -2.38. The van der Waals surface area contributed by atoms with E-state index in [4.69, 9.17) is 15.2 Å². The number of nitrogens with two attached hydrogens (primary N) is 1. The van der Waals surface area contributed by atoms with Crippen LogP contribution in [0.15, 0.2) is 11.6 Å². The zero-order valence-electron chi connectivity index (χ0n) is 12.6. The monoisotopic (exact) mass is 270 g/mol. The Labute approximate surface area is 115 Å². The van der Waals surface area contributed by atoms with Crippen LogP contribution in [-0.4, -0.2) is 48.4 Å². The van der Waals surface area contributed by atoms with E-state index in [0.717, 1.165) is 5.57 Å². The molecule has 1 amide bonds. The summed E-state index contributed by atoms with van der Waals surface area (Å²) < 4.78 is 10.9. The fourth-order valence-electron chi connectivity index (χ4n) is 1.98. The maximum Gasteiger partial charge on any atom is 0.410 e. The predicted octanol–water partition coefficient (Wildman–Crippen LogP) is 1.92. The van der Waals surface area contributed by atoms with E-state index in [0.29, 0.717) is 19.8 Å². The van der Waals surface area contributed by atoms with E-state index in [9.17, 15) is 4.79 Å². The second-order valence-corrected chi connectivity index (χ2v) is 6.14. The van der Waals surface area contributed by atoms with E-state index in [1.54, 1.807) is 4.90 Å². The first-order chi connectivity index (χ1) is 8.70. The summed E-state index contributed by atoms with van der Waals surface area (Å²) in [5.74, 6) is 0. The molecule has 110 valence electrons. The summed E-state index contributed by atoms with van der Waals surface area (Å²) in [6.45, 7) is 11.0. The topological polar surface area (TPSA) is 64.8 Å². The van der Waals surface area contributed by atoms with Gasteiger partial charge in [-0.15, -0.1) is 0 Å². The molecule has 5 heteroatoms. The summed E-state index contributed by atoms with van der Waals surface area (Å²) in [6, 6.07) is -0.406. The number of morpholine rings is 1. The smallest absolute Gasteiger partial charge is 0.410 e. The molecule has 0 saturated carbocycles. The Morgan fingerprint density at radius 3 is 2.63 bits per heavy atom. The number of nitrogens with zero attached hydrogens (tertiary/aromatic N) is 1. The van der Waals surface area contributed by atoms with Gasteiger partial charge in [0.2, 0.25) is 0 Å². The van der Waals surface area contributed by atoms with Gasteiger partial charge in [0, 0.05) is 12.6 Å². The molecule has 1 rings (SSSR count). The van der Waals surface area contributed by atoms with Crippen molar-refractivity contribution in [2.45, 2.75) is 52.3 Å². The molecule has 0 bridgehead atoms. The second kappa shape index (κ2) is 6.39. The quantitative estimate of drug-likeness (QED) is 0.779. The summed E-state index contributed by atoms with van der Waals surface area (Å²) in [5.41, 5.74) is 6.76. The first-order valence-corrected chi connectivity index (χ1v) is 6.68. The van der Waals surface area contributed by atoms with Gasteiger partial charge >= 0.3 is 6.09 Å². The van der Waals surface area contributed by atoms with Crippen molar-refractivity contribution in [2.24, 2.45) is 5.73 Å². The first kappa shape index (κ1) is 16.0. The van der Waals surface area contributed by atoms with Gasteiger partial charge in [-0.1, -0.05) is 11.6 Å². The predicted molar refractivity (Wildman–Crippen MR) is 75.0 cm³/mol. The van der Waals surface area contributed by atoms with Crippen LogP contribution >= 0.6 is 0 Å². The highest BCUT2D eigenvalue weighted by Crippen LogP contribution is 2.17. The zero-order valence-corrected chi connectivity index (χ0v) is 12.6. The van der Waals surface area contributed by atoms with E-state index < -0.39 is 5.60 Å². The molecule has 19 heavy (non-hydrogen) atoms. The van der Waals surface area contributed by atoms with E-state index >= 15 is 0 Å². The Balaban J connectivity index is 2.77. The van der Waals surface area contributed by atoms with Crippen LogP contribution in [0, 0.1) is 0 Å². The molecule has 0 aromatic carbocycles. The molecule has 1 saturated heterocycles. The number of allylic oxidation sites excluding steroid dienone is 1. The standard InChI is InChI=1S/C14H26N2O3/c1-10(2)8-11(15)12-9-18-7-6-16(12)13(17)19-14(3,4)5/h8,11-12H,6-7,9,15H2,1-5H3. The lowest BCUT2D eigenvalue weighted by molar-refractivity contribution is -0.0347. The number of ether oxygens (including phenoxy) is 2. The Morgan fingerprint density at radius 2 is 2.11 bits per heavy atom. The van der Waals surface area contributed by atoms with Crippen molar-refractivity contribution in [3.05, 3.63) is 11.6 Å². The fraction of sp³-hybridized carbons (Fsp3) is 0.786. The van der Waals surface area contributed by atoms with Crippen molar-refractivity contribution in [2.75, 3.05) is 19.8 Å². The molecule has 0 aliphatic carbocycles. The molecular weight excluding hydrogens is 244 g/mol. The lowest BCUT2D eigenvalue weighted by atomic mass is 10.0. The van der Waals surface area contributed by atoms with E-state index in [1.807, 2.05) is 40.7 Å². The maximum absolute atomic E-state index is 12.2. The molecule has 5 nitrogen and oxygen atoms in total. The van der Waals surface area contributed by atoms with Crippen molar-refractivity contribution in [1.29, 1.82) is 0 Å². The molecule has 2 atom stereocenters. The number of hydrogen-bond acceptors (Lipinski definition) is 4. The van der Waals surface area contributed by atoms with Crippen molar-refractivity contribution >= 4 is 6.09 Å². The van der Waals surface area contributed by atoms with Crippen LogP contribution in [0.3, 0.4) is 0 Å². The number of carbonyl (C=O) groups excluding carboxylic acids is 1. The van der Waals surface area contributed by atoms with E-state index in [2.05, 4.69) is 0 Å². The summed E-state index contributed by atoms with van der Waals surface area (Å²) in [4.78, 5) is 13.9. The Morgan fingerprint density at radius 1 is 1.47 bits per heavy atom. The Hall–Kier alpha value is -1.07. The van der Waals surface area contributed by atoms with Crippen molar-refractivity contribution in [3.63, 3.8) is 0 Å². The molecule has 0 radical (unpaired) electrons. The highest BCUT2D eigenvalue weighted by atomic mass is 16.6. The third-order valence-electron chi connectivity index (χ3n) is 2.76. The minimum absolute atomic E-state index is 0.168. The first-order valence-electron chi connectivity index (χ1n) is 6.68. The zero-order chi connectivity index (χ0) is 14.6. The van der Waals surface area contributed by atoms with Crippen LogP contribution in [0.4, 0.5) is 4.79 Å². The SMILES string of the molecule is CC(C)=CC(N)C1COCCN1C(=O)OC(C)(C)C. The minimum atomic E-state index is -0.499. The molecule has 1 heterocycles. The number of hydrogen-bond donors (Lipinski definition) is 1. The van der Waals surface area contributed by atoms with Crippen molar-refractivity contribution < 1.29 is 14.3 Å². The number of rotatable bonds is 2.